The van der Waals surface area contributed by atoms with Gasteiger partial charge in [-0.15, -0.1) is 0 Å². The normalized spacial score (nSPS) is 10.3. The molecule has 0 atom stereocenters. The van der Waals surface area contributed by atoms with E-state index < -0.39 is 11.7 Å². The molecule has 0 saturated carbocycles. The van der Waals surface area contributed by atoms with Crippen molar-refractivity contribution in [2.24, 2.45) is 0 Å². The highest BCUT2D eigenvalue weighted by Crippen LogP contribution is 2.16. The summed E-state index contributed by atoms with van der Waals surface area (Å²) in [6.07, 6.45) is 1.46. The highest BCUT2D eigenvalue weighted by molar-refractivity contribution is 6.04. The van der Waals surface area contributed by atoms with Gasteiger partial charge in [0.2, 0.25) is 0 Å². The topological polar surface area (TPSA) is 68.0 Å². The van der Waals surface area contributed by atoms with Gasteiger partial charge in [-0.25, -0.2) is 9.37 Å². The molecule has 19 heavy (non-hydrogen) atoms. The van der Waals surface area contributed by atoms with Crippen LogP contribution >= 0.6 is 0 Å². The summed E-state index contributed by atoms with van der Waals surface area (Å²) in [6.45, 7) is 3.43. The molecule has 4 nitrogen and oxygen atoms in total. The zero-order valence-corrected chi connectivity index (χ0v) is 10.7. The van der Waals surface area contributed by atoms with Gasteiger partial charge >= 0.3 is 0 Å². The van der Waals surface area contributed by atoms with E-state index in [1.165, 1.54) is 12.3 Å². The van der Waals surface area contributed by atoms with Crippen LogP contribution in [-0.4, -0.2) is 10.9 Å². The van der Waals surface area contributed by atoms with Crippen molar-refractivity contribution in [1.29, 1.82) is 0 Å². The third kappa shape index (κ3) is 2.88. The minimum Gasteiger partial charge on any atom is -0.397 e. The number of pyridine rings is 1. The molecule has 98 valence electrons. The number of nitrogen functional groups attached to an aromatic ring is 1. The molecule has 0 bridgehead atoms. The summed E-state index contributed by atoms with van der Waals surface area (Å²) in [5.41, 5.74) is 7.61. The number of amides is 1. The molecule has 1 heterocycles. The fourth-order valence-corrected chi connectivity index (χ4v) is 1.64. The largest absolute Gasteiger partial charge is 0.397 e. The number of nitrogens with two attached hydrogens (primary N) is 1. The van der Waals surface area contributed by atoms with Gasteiger partial charge in [-0.05, 0) is 43.2 Å². The predicted molar refractivity (Wildman–Crippen MR) is 72.5 cm³/mol. The lowest BCUT2D eigenvalue weighted by molar-refractivity contribution is 0.102. The van der Waals surface area contributed by atoms with E-state index in [1.807, 2.05) is 0 Å². The number of nitrogens with one attached hydrogen (secondary N) is 1. The van der Waals surface area contributed by atoms with Gasteiger partial charge in [0.15, 0.2) is 0 Å². The second-order valence-electron chi connectivity index (χ2n) is 4.35. The van der Waals surface area contributed by atoms with E-state index in [1.54, 1.807) is 32.0 Å². The highest BCUT2D eigenvalue weighted by atomic mass is 19.1. The number of anilines is 2. The fraction of sp³-hybridized carbons (Fsp3) is 0.143. The predicted octanol–water partition coefficient (Wildman–Crippen LogP) is 2.67. The van der Waals surface area contributed by atoms with Crippen molar-refractivity contribution in [3.63, 3.8) is 0 Å². The zero-order chi connectivity index (χ0) is 14.0. The number of carbonyl (C=O) groups is 1. The number of hydrogen-bond donors (Lipinski definition) is 2. The van der Waals surface area contributed by atoms with E-state index in [0.717, 1.165) is 5.56 Å². The van der Waals surface area contributed by atoms with Crippen LogP contribution in [0.15, 0.2) is 30.5 Å². The molecule has 0 spiro atoms. The molecule has 0 aliphatic heterocycles. The van der Waals surface area contributed by atoms with Crippen molar-refractivity contribution in [3.8, 4) is 0 Å². The number of halogens is 1. The average molecular weight is 259 g/mol. The molecular formula is C14H14FN3O. The molecule has 0 fully saturated rings. The first-order valence-corrected chi connectivity index (χ1v) is 5.77. The maximum Gasteiger partial charge on any atom is 0.256 e. The van der Waals surface area contributed by atoms with Crippen molar-refractivity contribution in [2.75, 3.05) is 11.1 Å². The lowest BCUT2D eigenvalue weighted by atomic mass is 10.1. The van der Waals surface area contributed by atoms with Crippen LogP contribution in [-0.2, 0) is 0 Å². The van der Waals surface area contributed by atoms with Gasteiger partial charge in [0.05, 0.1) is 11.9 Å². The molecule has 1 amide bonds. The van der Waals surface area contributed by atoms with Gasteiger partial charge in [0, 0.05) is 5.56 Å². The minimum absolute atomic E-state index is 0.251. The van der Waals surface area contributed by atoms with Crippen LogP contribution in [0.25, 0.3) is 0 Å². The Morgan fingerprint density at radius 1 is 1.26 bits per heavy atom. The third-order valence-corrected chi connectivity index (χ3v) is 2.77. The van der Waals surface area contributed by atoms with Gasteiger partial charge in [-0.1, -0.05) is 6.07 Å². The van der Waals surface area contributed by atoms with Gasteiger partial charge < -0.3 is 11.1 Å². The van der Waals surface area contributed by atoms with E-state index in [0.29, 0.717) is 17.1 Å². The van der Waals surface area contributed by atoms with E-state index in [2.05, 4.69) is 10.3 Å². The second kappa shape index (κ2) is 5.06. The maximum absolute atomic E-state index is 13.4. The molecule has 0 saturated heterocycles. The first kappa shape index (κ1) is 13.0. The summed E-state index contributed by atoms with van der Waals surface area (Å²) in [6, 6.07) is 6.05. The van der Waals surface area contributed by atoms with Crippen LogP contribution in [0.5, 0.6) is 0 Å². The van der Waals surface area contributed by atoms with E-state index in [9.17, 15) is 9.18 Å². The van der Waals surface area contributed by atoms with Crippen LogP contribution in [0, 0.1) is 19.7 Å². The standard InChI is InChI=1S/C14H14FN3O/c1-8-3-4-10(6-12(8)15)14(19)18-13-9(2)5-11(16)7-17-13/h3-7H,16H2,1-2H3,(H,17,18,19). The number of carbonyl (C=O) groups excluding carboxylic acids is 1. The summed E-state index contributed by atoms with van der Waals surface area (Å²) in [5.74, 6) is -0.394. The summed E-state index contributed by atoms with van der Waals surface area (Å²) < 4.78 is 13.4. The second-order valence-corrected chi connectivity index (χ2v) is 4.35. The number of benzene rings is 1. The Morgan fingerprint density at radius 2 is 2.00 bits per heavy atom. The fourth-order valence-electron chi connectivity index (χ4n) is 1.64. The summed E-state index contributed by atoms with van der Waals surface area (Å²) in [5, 5.41) is 2.63. The molecule has 0 unspecified atom stereocenters. The van der Waals surface area contributed by atoms with Crippen LogP contribution in [0.2, 0.25) is 0 Å². The lowest BCUT2D eigenvalue weighted by Gasteiger charge is -2.08. The van der Waals surface area contributed by atoms with Gasteiger partial charge in [-0.3, -0.25) is 4.79 Å². The van der Waals surface area contributed by atoms with Crippen molar-refractivity contribution >= 4 is 17.4 Å². The van der Waals surface area contributed by atoms with Crippen LogP contribution < -0.4 is 11.1 Å². The zero-order valence-electron chi connectivity index (χ0n) is 10.7. The smallest absolute Gasteiger partial charge is 0.256 e. The van der Waals surface area contributed by atoms with Crippen molar-refractivity contribution in [1.82, 2.24) is 4.98 Å². The molecular weight excluding hydrogens is 245 g/mol. The Kier molecular flexibility index (Phi) is 3.46. The molecule has 0 radical (unpaired) electrons. The van der Waals surface area contributed by atoms with Crippen LogP contribution in [0.1, 0.15) is 21.5 Å². The van der Waals surface area contributed by atoms with E-state index in [4.69, 9.17) is 5.73 Å². The van der Waals surface area contributed by atoms with Crippen LogP contribution in [0.3, 0.4) is 0 Å². The van der Waals surface area contributed by atoms with Crippen molar-refractivity contribution in [2.45, 2.75) is 13.8 Å². The summed E-state index contributed by atoms with van der Waals surface area (Å²) in [7, 11) is 0. The Labute approximate surface area is 110 Å². The minimum atomic E-state index is -0.408. The molecule has 5 heteroatoms. The molecule has 2 aromatic rings. The number of rotatable bonds is 2. The van der Waals surface area contributed by atoms with Gasteiger partial charge in [0.1, 0.15) is 11.6 Å². The van der Waals surface area contributed by atoms with E-state index in [-0.39, 0.29) is 5.56 Å². The Balaban J connectivity index is 2.23. The van der Waals surface area contributed by atoms with Gasteiger partial charge in [0.25, 0.3) is 5.91 Å². The number of aromatic nitrogens is 1. The quantitative estimate of drug-likeness (QED) is 0.871. The van der Waals surface area contributed by atoms with Crippen molar-refractivity contribution in [3.05, 3.63) is 53.0 Å². The van der Waals surface area contributed by atoms with Gasteiger partial charge in [-0.2, -0.15) is 0 Å². The number of nitrogens with zero attached hydrogens (tertiary/aromatic N) is 1. The average Bonchev–Trinajstić information content (AvgIpc) is 2.36. The number of aryl methyl sites for hydroxylation is 2. The molecule has 0 aliphatic rings. The Hall–Kier alpha value is -2.43. The third-order valence-electron chi connectivity index (χ3n) is 2.77. The maximum atomic E-state index is 13.4. The lowest BCUT2D eigenvalue weighted by Crippen LogP contribution is -2.14. The highest BCUT2D eigenvalue weighted by Gasteiger charge is 2.10. The summed E-state index contributed by atoms with van der Waals surface area (Å²) in [4.78, 5) is 16.0. The first-order chi connectivity index (χ1) is 8.97. The monoisotopic (exact) mass is 259 g/mol. The first-order valence-electron chi connectivity index (χ1n) is 5.77. The Morgan fingerprint density at radius 3 is 2.63 bits per heavy atom. The van der Waals surface area contributed by atoms with Crippen LogP contribution in [0.4, 0.5) is 15.9 Å². The molecule has 3 N–H and O–H groups in total. The SMILES string of the molecule is Cc1ccc(C(=O)Nc2ncc(N)cc2C)cc1F. The summed E-state index contributed by atoms with van der Waals surface area (Å²) >= 11 is 0. The molecule has 2 rings (SSSR count). The molecule has 1 aromatic carbocycles. The van der Waals surface area contributed by atoms with Crippen molar-refractivity contribution < 1.29 is 9.18 Å². The van der Waals surface area contributed by atoms with E-state index >= 15 is 0 Å². The number of hydrogen-bond acceptors (Lipinski definition) is 3. The molecule has 0 aliphatic carbocycles. The Bertz CT molecular complexity index is 641. The molecule has 1 aromatic heterocycles.